The highest BCUT2D eigenvalue weighted by atomic mass is 19.1. The highest BCUT2D eigenvalue weighted by molar-refractivity contribution is 5.97. The number of benzene rings is 2. The normalized spacial score (nSPS) is 18.5. The van der Waals surface area contributed by atoms with Gasteiger partial charge < -0.3 is 19.5 Å². The van der Waals surface area contributed by atoms with E-state index < -0.39 is 5.41 Å². The lowest BCUT2D eigenvalue weighted by molar-refractivity contribution is -0.117. The predicted octanol–water partition coefficient (Wildman–Crippen LogP) is 3.79. The zero-order valence-electron chi connectivity index (χ0n) is 18.4. The van der Waals surface area contributed by atoms with Gasteiger partial charge in [0.25, 0.3) is 0 Å². The topological polar surface area (TPSA) is 70.8 Å². The molecule has 0 radical (unpaired) electrons. The van der Waals surface area contributed by atoms with Crippen LogP contribution in [0.5, 0.6) is 5.75 Å². The Morgan fingerprint density at radius 2 is 1.97 bits per heavy atom. The number of aromatic nitrogens is 1. The minimum atomic E-state index is -0.431. The molecular weight excluding hydrogens is 411 g/mol. The summed E-state index contributed by atoms with van der Waals surface area (Å²) in [6.45, 7) is 8.46. The third-order valence-corrected chi connectivity index (χ3v) is 6.36. The van der Waals surface area contributed by atoms with E-state index >= 15 is 0 Å². The van der Waals surface area contributed by atoms with E-state index in [1.165, 1.54) is 12.1 Å². The summed E-state index contributed by atoms with van der Waals surface area (Å²) in [6, 6.07) is 10.7. The predicted molar refractivity (Wildman–Crippen MR) is 121 cm³/mol. The van der Waals surface area contributed by atoms with Gasteiger partial charge >= 0.3 is 0 Å². The summed E-state index contributed by atoms with van der Waals surface area (Å²) in [5.41, 5.74) is 1.74. The third-order valence-electron chi connectivity index (χ3n) is 6.36. The molecule has 2 aromatic carbocycles. The number of amides is 1. The maximum atomic E-state index is 14.2. The van der Waals surface area contributed by atoms with Crippen LogP contribution in [0.4, 0.5) is 15.9 Å². The molecule has 2 aliphatic heterocycles. The Hall–Kier alpha value is -3.13. The van der Waals surface area contributed by atoms with Crippen LogP contribution in [0.25, 0.3) is 11.0 Å². The Labute approximate surface area is 186 Å². The van der Waals surface area contributed by atoms with Crippen molar-refractivity contribution in [2.24, 2.45) is 0 Å². The first-order valence-electron chi connectivity index (χ1n) is 11.0. The third kappa shape index (κ3) is 3.90. The fourth-order valence-corrected chi connectivity index (χ4v) is 4.61. The van der Waals surface area contributed by atoms with Gasteiger partial charge in [0, 0.05) is 50.6 Å². The van der Waals surface area contributed by atoms with E-state index in [0.717, 1.165) is 55.1 Å². The lowest BCUT2D eigenvalue weighted by atomic mass is 9.78. The van der Waals surface area contributed by atoms with Crippen LogP contribution < -0.4 is 15.0 Å². The molecular formula is C24H27FN4O3. The lowest BCUT2D eigenvalue weighted by Gasteiger charge is -2.35. The van der Waals surface area contributed by atoms with E-state index in [0.29, 0.717) is 24.5 Å². The van der Waals surface area contributed by atoms with E-state index in [-0.39, 0.29) is 11.7 Å². The summed E-state index contributed by atoms with van der Waals surface area (Å²) in [5.74, 6) is 0.863. The molecule has 7 nitrogen and oxygen atoms in total. The second kappa shape index (κ2) is 8.09. The van der Waals surface area contributed by atoms with Gasteiger partial charge in [0.15, 0.2) is 11.4 Å². The molecule has 168 valence electrons. The fraction of sp³-hybridized carbons (Fsp3) is 0.417. The summed E-state index contributed by atoms with van der Waals surface area (Å²) >= 11 is 0. The molecule has 1 saturated heterocycles. The van der Waals surface area contributed by atoms with Gasteiger partial charge in [0.2, 0.25) is 5.91 Å². The maximum Gasteiger partial charge on any atom is 0.225 e. The molecule has 5 rings (SSSR count). The summed E-state index contributed by atoms with van der Waals surface area (Å²) in [5, 5.41) is 8.15. The molecule has 3 heterocycles. The summed E-state index contributed by atoms with van der Waals surface area (Å²) in [4.78, 5) is 16.7. The summed E-state index contributed by atoms with van der Waals surface area (Å²) in [7, 11) is 0. The van der Waals surface area contributed by atoms with Gasteiger partial charge in [-0.1, -0.05) is 31.1 Å². The Kier molecular flexibility index (Phi) is 5.25. The Balaban J connectivity index is 1.20. The number of para-hydroxylation sites is 1. The van der Waals surface area contributed by atoms with Gasteiger partial charge in [-0.25, -0.2) is 4.39 Å². The van der Waals surface area contributed by atoms with Crippen LogP contribution in [-0.4, -0.2) is 55.3 Å². The van der Waals surface area contributed by atoms with Crippen LogP contribution in [0.15, 0.2) is 40.9 Å². The van der Waals surface area contributed by atoms with Crippen molar-refractivity contribution in [3.63, 3.8) is 0 Å². The summed E-state index contributed by atoms with van der Waals surface area (Å²) < 4.78 is 25.6. The van der Waals surface area contributed by atoms with Crippen molar-refractivity contribution >= 4 is 28.4 Å². The van der Waals surface area contributed by atoms with Crippen molar-refractivity contribution in [2.75, 3.05) is 49.5 Å². The first-order chi connectivity index (χ1) is 15.4. The van der Waals surface area contributed by atoms with Gasteiger partial charge in [-0.15, -0.1) is 0 Å². The molecule has 0 unspecified atom stereocenters. The molecule has 0 atom stereocenters. The Morgan fingerprint density at radius 3 is 2.78 bits per heavy atom. The highest BCUT2D eigenvalue weighted by Gasteiger charge is 2.34. The highest BCUT2D eigenvalue weighted by Crippen LogP contribution is 2.42. The lowest BCUT2D eigenvalue weighted by Crippen LogP contribution is -2.47. The first-order valence-corrected chi connectivity index (χ1v) is 11.0. The number of carbonyl (C=O) groups excluding carboxylic acids is 1. The zero-order valence-corrected chi connectivity index (χ0v) is 18.4. The van der Waals surface area contributed by atoms with E-state index in [4.69, 9.17) is 9.26 Å². The monoisotopic (exact) mass is 438 g/mol. The molecule has 2 aliphatic rings. The second-order valence-corrected chi connectivity index (χ2v) is 9.11. The number of fused-ring (bicyclic) bond motifs is 2. The van der Waals surface area contributed by atoms with Crippen molar-refractivity contribution in [1.29, 1.82) is 0 Å². The zero-order chi connectivity index (χ0) is 22.3. The van der Waals surface area contributed by atoms with Crippen molar-refractivity contribution in [2.45, 2.75) is 25.7 Å². The molecule has 0 spiro atoms. The molecule has 1 fully saturated rings. The van der Waals surface area contributed by atoms with E-state index in [1.807, 2.05) is 38.1 Å². The van der Waals surface area contributed by atoms with Crippen LogP contribution >= 0.6 is 0 Å². The largest absolute Gasteiger partial charge is 0.490 e. The number of hydrogen-bond donors (Lipinski definition) is 1. The van der Waals surface area contributed by atoms with Crippen molar-refractivity contribution in [3.8, 4) is 5.75 Å². The van der Waals surface area contributed by atoms with Crippen molar-refractivity contribution in [3.05, 3.63) is 47.8 Å². The SMILES string of the molecule is CC1(C)CC(=O)Nc2c(OCCN3CCN(c4noc5ccccc45)CC3)cc(F)cc21. The van der Waals surface area contributed by atoms with E-state index in [2.05, 4.69) is 20.3 Å². The van der Waals surface area contributed by atoms with Crippen molar-refractivity contribution < 1.29 is 18.4 Å². The van der Waals surface area contributed by atoms with E-state index in [9.17, 15) is 9.18 Å². The second-order valence-electron chi connectivity index (χ2n) is 9.11. The van der Waals surface area contributed by atoms with E-state index in [1.54, 1.807) is 0 Å². The molecule has 1 aromatic heterocycles. The van der Waals surface area contributed by atoms with Crippen LogP contribution in [0.2, 0.25) is 0 Å². The van der Waals surface area contributed by atoms with Crippen LogP contribution in [0, 0.1) is 5.82 Å². The number of piperazine rings is 1. The molecule has 0 aliphatic carbocycles. The van der Waals surface area contributed by atoms with Crippen LogP contribution in [0.1, 0.15) is 25.8 Å². The van der Waals surface area contributed by atoms with Crippen molar-refractivity contribution in [1.82, 2.24) is 10.1 Å². The number of halogens is 1. The standard InChI is InChI=1S/C24H27FN4O3/c1-24(2)15-21(30)26-22-18(24)13-16(25)14-20(22)31-12-11-28-7-9-29(10-8-28)23-17-5-3-4-6-19(17)32-27-23/h3-6,13-14H,7-12,15H2,1-2H3,(H,26,30). The van der Waals surface area contributed by atoms with Gasteiger partial charge in [-0.05, 0) is 23.8 Å². The average molecular weight is 439 g/mol. The van der Waals surface area contributed by atoms with Gasteiger partial charge in [0.1, 0.15) is 18.2 Å². The maximum absolute atomic E-state index is 14.2. The number of nitrogens with zero attached hydrogens (tertiary/aromatic N) is 3. The molecule has 32 heavy (non-hydrogen) atoms. The first kappa shape index (κ1) is 20.8. The van der Waals surface area contributed by atoms with Gasteiger partial charge in [-0.2, -0.15) is 0 Å². The summed E-state index contributed by atoms with van der Waals surface area (Å²) in [6.07, 6.45) is 0.327. The average Bonchev–Trinajstić information content (AvgIpc) is 3.19. The number of carbonyl (C=O) groups is 1. The molecule has 0 saturated carbocycles. The van der Waals surface area contributed by atoms with Crippen LogP contribution in [-0.2, 0) is 10.2 Å². The van der Waals surface area contributed by atoms with Gasteiger partial charge in [0.05, 0.1) is 11.1 Å². The molecule has 8 heteroatoms. The minimum absolute atomic E-state index is 0.0736. The van der Waals surface area contributed by atoms with Crippen LogP contribution in [0.3, 0.4) is 0 Å². The number of hydrogen-bond acceptors (Lipinski definition) is 6. The minimum Gasteiger partial charge on any atom is -0.490 e. The molecule has 0 bridgehead atoms. The number of nitrogens with one attached hydrogen (secondary N) is 1. The quantitative estimate of drug-likeness (QED) is 0.654. The Morgan fingerprint density at radius 1 is 1.19 bits per heavy atom. The molecule has 1 amide bonds. The Bertz CT molecular complexity index is 1150. The number of rotatable bonds is 5. The smallest absolute Gasteiger partial charge is 0.225 e. The van der Waals surface area contributed by atoms with Gasteiger partial charge in [-0.3, -0.25) is 9.69 Å². The number of anilines is 2. The fourth-order valence-electron chi connectivity index (χ4n) is 4.61. The molecule has 3 aromatic rings. The number of ether oxygens (including phenoxy) is 1. The molecule has 1 N–H and O–H groups in total.